The van der Waals surface area contributed by atoms with Crippen molar-refractivity contribution < 1.29 is 23.9 Å². The van der Waals surface area contributed by atoms with Gasteiger partial charge >= 0.3 is 5.97 Å². The molecule has 1 aromatic carbocycles. The topological polar surface area (TPSA) is 114 Å². The Morgan fingerprint density at radius 2 is 2.06 bits per heavy atom. The molecule has 1 aliphatic heterocycles. The van der Waals surface area contributed by atoms with Crippen molar-refractivity contribution in [3.05, 3.63) is 29.8 Å². The lowest BCUT2D eigenvalue weighted by Crippen LogP contribution is -2.49. The molecule has 0 aromatic heterocycles. The monoisotopic (exact) mass is 480 g/mol. The van der Waals surface area contributed by atoms with Crippen LogP contribution in [0.3, 0.4) is 0 Å². The summed E-state index contributed by atoms with van der Waals surface area (Å²) in [6.07, 6.45) is 4.20. The van der Waals surface area contributed by atoms with E-state index in [0.717, 1.165) is 29.9 Å². The molecule has 0 radical (unpaired) electrons. The van der Waals surface area contributed by atoms with Crippen LogP contribution in [-0.2, 0) is 25.7 Å². The van der Waals surface area contributed by atoms with E-state index in [-0.39, 0.29) is 30.9 Å². The van der Waals surface area contributed by atoms with Gasteiger partial charge in [-0.15, -0.1) is 0 Å². The number of nitrogens with one attached hydrogen (secondary N) is 1. The number of para-hydroxylation sites is 1. The predicted molar refractivity (Wildman–Crippen MR) is 129 cm³/mol. The Morgan fingerprint density at radius 1 is 1.30 bits per heavy atom. The van der Waals surface area contributed by atoms with E-state index in [9.17, 15) is 14.4 Å². The second kappa shape index (κ2) is 14.1. The first-order valence-electron chi connectivity index (χ1n) is 11.1. The number of carbonyl (C=O) groups excluding carboxylic acids is 3. The van der Waals surface area contributed by atoms with Crippen LogP contribution in [-0.4, -0.2) is 92.1 Å². The highest BCUT2D eigenvalue weighted by molar-refractivity contribution is 7.98. The van der Waals surface area contributed by atoms with Gasteiger partial charge in [0.1, 0.15) is 11.8 Å². The molecule has 0 bridgehead atoms. The minimum Gasteiger partial charge on any atom is -0.496 e. The quantitative estimate of drug-likeness (QED) is 0.400. The maximum absolute atomic E-state index is 12.9. The third kappa shape index (κ3) is 8.21. The number of hydrogen-bond donors (Lipinski definition) is 2. The van der Waals surface area contributed by atoms with Crippen LogP contribution in [0.5, 0.6) is 5.75 Å². The van der Waals surface area contributed by atoms with Gasteiger partial charge in [-0.25, -0.2) is 4.79 Å². The van der Waals surface area contributed by atoms with E-state index in [1.807, 2.05) is 40.3 Å². The number of thioether (sulfide) groups is 1. The van der Waals surface area contributed by atoms with Gasteiger partial charge in [0.25, 0.3) is 0 Å². The SMILES string of the molecule is COC(=O)C(CCSC)NC(=O)CN(Cc1ccccc1OC)C[C@@H]1CCCN1C(=O)CN. The van der Waals surface area contributed by atoms with Crippen molar-refractivity contribution in [2.45, 2.75) is 37.9 Å². The first kappa shape index (κ1) is 26.9. The van der Waals surface area contributed by atoms with Crippen LogP contribution in [0.25, 0.3) is 0 Å². The summed E-state index contributed by atoms with van der Waals surface area (Å²) in [5, 5.41) is 2.82. The summed E-state index contributed by atoms with van der Waals surface area (Å²) >= 11 is 1.60. The number of benzene rings is 1. The smallest absolute Gasteiger partial charge is 0.328 e. The molecule has 0 spiro atoms. The van der Waals surface area contributed by atoms with Gasteiger partial charge in [-0.3, -0.25) is 14.5 Å². The number of rotatable bonds is 13. The molecule has 3 N–H and O–H groups in total. The lowest BCUT2D eigenvalue weighted by Gasteiger charge is -2.31. The second-order valence-electron chi connectivity index (χ2n) is 7.99. The Balaban J connectivity index is 2.16. The summed E-state index contributed by atoms with van der Waals surface area (Å²) in [4.78, 5) is 41.1. The molecule has 1 aromatic rings. The van der Waals surface area contributed by atoms with Crippen molar-refractivity contribution in [2.24, 2.45) is 5.73 Å². The molecule has 1 fully saturated rings. The lowest BCUT2D eigenvalue weighted by molar-refractivity contribution is -0.145. The number of esters is 1. The van der Waals surface area contributed by atoms with Gasteiger partial charge in [0.15, 0.2) is 0 Å². The molecule has 2 atom stereocenters. The Morgan fingerprint density at radius 3 is 2.73 bits per heavy atom. The van der Waals surface area contributed by atoms with Crippen molar-refractivity contribution in [2.75, 3.05) is 52.4 Å². The van der Waals surface area contributed by atoms with Crippen LogP contribution in [0.2, 0.25) is 0 Å². The number of nitrogens with zero attached hydrogens (tertiary/aromatic N) is 2. The summed E-state index contributed by atoms with van der Waals surface area (Å²) in [5.41, 5.74) is 6.53. The average Bonchev–Trinajstić information content (AvgIpc) is 3.28. The van der Waals surface area contributed by atoms with Gasteiger partial charge in [0.05, 0.1) is 27.3 Å². The number of likely N-dealkylation sites (tertiary alicyclic amines) is 1. The van der Waals surface area contributed by atoms with Crippen molar-refractivity contribution in [1.82, 2.24) is 15.1 Å². The Hall–Kier alpha value is -2.30. The van der Waals surface area contributed by atoms with E-state index in [1.54, 1.807) is 18.9 Å². The normalized spacial score (nSPS) is 16.5. The van der Waals surface area contributed by atoms with E-state index in [1.165, 1.54) is 7.11 Å². The van der Waals surface area contributed by atoms with E-state index in [0.29, 0.717) is 26.1 Å². The highest BCUT2D eigenvalue weighted by Crippen LogP contribution is 2.22. The van der Waals surface area contributed by atoms with Crippen molar-refractivity contribution >= 4 is 29.5 Å². The zero-order valence-corrected chi connectivity index (χ0v) is 20.6. The Labute approximate surface area is 200 Å². The van der Waals surface area contributed by atoms with Gasteiger partial charge in [0, 0.05) is 31.2 Å². The molecular formula is C23H36N4O5S. The molecule has 2 rings (SSSR count). The number of ether oxygens (including phenoxy) is 2. The summed E-state index contributed by atoms with van der Waals surface area (Å²) in [5.74, 6) is 0.655. The standard InChI is InChI=1S/C23H36N4O5S/c1-31-20-9-5-4-7-17(20)14-26(15-18-8-6-11-27(18)22(29)13-24)16-21(28)25-19(10-12-33-3)23(30)32-2/h4-5,7,9,18-19H,6,8,10-16,24H2,1-3H3,(H,25,28)/t18-,19?/m0/s1. The van der Waals surface area contributed by atoms with Crippen LogP contribution >= 0.6 is 11.8 Å². The maximum atomic E-state index is 12.9. The zero-order chi connectivity index (χ0) is 24.2. The van der Waals surface area contributed by atoms with Gasteiger partial charge in [-0.1, -0.05) is 18.2 Å². The van der Waals surface area contributed by atoms with Gasteiger partial charge in [0.2, 0.25) is 11.8 Å². The third-order valence-electron chi connectivity index (χ3n) is 5.73. The largest absolute Gasteiger partial charge is 0.496 e. The van der Waals surface area contributed by atoms with E-state index >= 15 is 0 Å². The van der Waals surface area contributed by atoms with Crippen LogP contribution in [0, 0.1) is 0 Å². The first-order valence-corrected chi connectivity index (χ1v) is 12.5. The molecular weight excluding hydrogens is 444 g/mol. The second-order valence-corrected chi connectivity index (χ2v) is 8.98. The lowest BCUT2D eigenvalue weighted by atomic mass is 10.1. The molecule has 0 saturated carbocycles. The molecule has 33 heavy (non-hydrogen) atoms. The fourth-order valence-corrected chi connectivity index (χ4v) is 4.57. The minimum absolute atomic E-state index is 0.0172. The van der Waals surface area contributed by atoms with Gasteiger partial charge < -0.3 is 25.4 Å². The number of nitrogens with two attached hydrogens (primary N) is 1. The van der Waals surface area contributed by atoms with Gasteiger partial charge in [-0.05, 0) is 37.3 Å². The van der Waals surface area contributed by atoms with Crippen LogP contribution < -0.4 is 15.8 Å². The zero-order valence-electron chi connectivity index (χ0n) is 19.7. The number of methoxy groups -OCH3 is 2. The van der Waals surface area contributed by atoms with Crippen molar-refractivity contribution in [3.63, 3.8) is 0 Å². The Bertz CT molecular complexity index is 794. The fraction of sp³-hybridized carbons (Fsp3) is 0.609. The molecule has 2 amide bonds. The molecule has 184 valence electrons. The summed E-state index contributed by atoms with van der Waals surface area (Å²) < 4.78 is 10.3. The maximum Gasteiger partial charge on any atom is 0.328 e. The number of amides is 2. The minimum atomic E-state index is -0.690. The van der Waals surface area contributed by atoms with E-state index in [4.69, 9.17) is 15.2 Å². The van der Waals surface area contributed by atoms with Crippen LogP contribution in [0.4, 0.5) is 0 Å². The summed E-state index contributed by atoms with van der Waals surface area (Å²) in [6.45, 7) is 1.71. The number of carbonyl (C=O) groups is 3. The average molecular weight is 481 g/mol. The highest BCUT2D eigenvalue weighted by atomic mass is 32.2. The van der Waals surface area contributed by atoms with Gasteiger partial charge in [-0.2, -0.15) is 11.8 Å². The van der Waals surface area contributed by atoms with Crippen molar-refractivity contribution in [3.8, 4) is 5.75 Å². The fourth-order valence-electron chi connectivity index (χ4n) is 4.10. The predicted octanol–water partition coefficient (Wildman–Crippen LogP) is 0.858. The molecule has 0 aliphatic carbocycles. The summed E-state index contributed by atoms with van der Waals surface area (Å²) in [6, 6.07) is 6.94. The molecule has 10 heteroatoms. The highest BCUT2D eigenvalue weighted by Gasteiger charge is 2.31. The van der Waals surface area contributed by atoms with Crippen molar-refractivity contribution in [1.29, 1.82) is 0 Å². The molecule has 1 heterocycles. The van der Waals surface area contributed by atoms with E-state index in [2.05, 4.69) is 5.32 Å². The Kier molecular flexibility index (Phi) is 11.5. The first-order chi connectivity index (χ1) is 15.9. The number of hydrogen-bond acceptors (Lipinski definition) is 8. The van der Waals surface area contributed by atoms with Crippen LogP contribution in [0.15, 0.2) is 24.3 Å². The molecule has 1 saturated heterocycles. The summed E-state index contributed by atoms with van der Waals surface area (Å²) in [7, 11) is 2.93. The molecule has 9 nitrogen and oxygen atoms in total. The molecule has 1 unspecified atom stereocenters. The molecule has 1 aliphatic rings. The van der Waals surface area contributed by atoms with Crippen LogP contribution in [0.1, 0.15) is 24.8 Å². The third-order valence-corrected chi connectivity index (χ3v) is 6.37. The van der Waals surface area contributed by atoms with E-state index < -0.39 is 12.0 Å².